The van der Waals surface area contributed by atoms with Gasteiger partial charge in [0, 0.05) is 30.8 Å². The number of hydrogen-bond acceptors (Lipinski definition) is 3. The molecule has 1 atom stereocenters. The van der Waals surface area contributed by atoms with Gasteiger partial charge < -0.3 is 14.6 Å². The van der Waals surface area contributed by atoms with Crippen molar-refractivity contribution in [2.45, 2.75) is 25.9 Å². The second kappa shape index (κ2) is 5.05. The molecule has 0 aliphatic carbocycles. The molecule has 2 heterocycles. The van der Waals surface area contributed by atoms with Gasteiger partial charge in [-0.3, -0.25) is 0 Å². The van der Waals surface area contributed by atoms with Crippen molar-refractivity contribution in [2.24, 2.45) is 0 Å². The molecule has 4 nitrogen and oxygen atoms in total. The summed E-state index contributed by atoms with van der Waals surface area (Å²) < 4.78 is 7.71. The molecule has 0 bridgehead atoms. The molecule has 100 valence electrons. The monoisotopic (exact) mass is 257 g/mol. The number of imidazole rings is 1. The Morgan fingerprint density at radius 1 is 1.42 bits per heavy atom. The third-order valence-corrected chi connectivity index (χ3v) is 3.75. The Bertz CT molecular complexity index is 577. The number of nitrogens with zero attached hydrogens (tertiary/aromatic N) is 2. The van der Waals surface area contributed by atoms with Crippen LogP contribution in [0.5, 0.6) is 5.75 Å². The number of aromatic nitrogens is 2. The molecule has 1 aliphatic heterocycles. The lowest BCUT2D eigenvalue weighted by Crippen LogP contribution is -2.31. The van der Waals surface area contributed by atoms with Crippen LogP contribution >= 0.6 is 0 Å². The summed E-state index contributed by atoms with van der Waals surface area (Å²) in [6.07, 6.45) is 2.98. The van der Waals surface area contributed by atoms with Gasteiger partial charge in [-0.1, -0.05) is 18.2 Å². The molecular formula is C15H19N3O. The molecule has 1 aromatic carbocycles. The summed E-state index contributed by atoms with van der Waals surface area (Å²) in [5, 5.41) is 3.55. The first-order valence-electron chi connectivity index (χ1n) is 6.75. The van der Waals surface area contributed by atoms with E-state index in [0.29, 0.717) is 0 Å². The number of rotatable bonds is 3. The summed E-state index contributed by atoms with van der Waals surface area (Å²) in [5.41, 5.74) is 3.64. The summed E-state index contributed by atoms with van der Waals surface area (Å²) >= 11 is 0. The first kappa shape index (κ1) is 12.2. The van der Waals surface area contributed by atoms with Gasteiger partial charge in [0.15, 0.2) is 0 Å². The second-order valence-electron chi connectivity index (χ2n) is 4.74. The second-order valence-corrected chi connectivity index (χ2v) is 4.74. The number of aryl methyl sites for hydroxylation is 1. The van der Waals surface area contributed by atoms with Crippen molar-refractivity contribution in [3.8, 4) is 5.75 Å². The number of para-hydroxylation sites is 1. The zero-order valence-electron chi connectivity index (χ0n) is 11.4. The molecule has 0 fully saturated rings. The molecule has 1 aromatic heterocycles. The van der Waals surface area contributed by atoms with Gasteiger partial charge in [0.2, 0.25) is 0 Å². The fraction of sp³-hybridized carbons (Fsp3) is 0.400. The van der Waals surface area contributed by atoms with Crippen LogP contribution in [0.4, 0.5) is 0 Å². The average Bonchev–Trinajstić information content (AvgIpc) is 2.90. The van der Waals surface area contributed by atoms with Crippen LogP contribution < -0.4 is 10.1 Å². The van der Waals surface area contributed by atoms with Gasteiger partial charge in [0.1, 0.15) is 5.75 Å². The number of nitrogens with one attached hydrogen (secondary N) is 1. The van der Waals surface area contributed by atoms with E-state index in [0.717, 1.165) is 36.5 Å². The lowest BCUT2D eigenvalue weighted by Gasteiger charge is -2.25. The average molecular weight is 257 g/mol. The van der Waals surface area contributed by atoms with Crippen molar-refractivity contribution in [1.29, 1.82) is 0 Å². The Labute approximate surface area is 113 Å². The van der Waals surface area contributed by atoms with Crippen LogP contribution in [0, 0.1) is 0 Å². The highest BCUT2D eigenvalue weighted by Crippen LogP contribution is 2.32. The molecule has 1 unspecified atom stereocenters. The molecule has 2 aromatic rings. The summed E-state index contributed by atoms with van der Waals surface area (Å²) in [6, 6.07) is 8.28. The van der Waals surface area contributed by atoms with Crippen molar-refractivity contribution in [3.63, 3.8) is 0 Å². The highest BCUT2D eigenvalue weighted by molar-refractivity contribution is 5.42. The highest BCUT2D eigenvalue weighted by Gasteiger charge is 2.27. The van der Waals surface area contributed by atoms with Gasteiger partial charge >= 0.3 is 0 Å². The van der Waals surface area contributed by atoms with Crippen molar-refractivity contribution in [3.05, 3.63) is 47.5 Å². The Hall–Kier alpha value is -1.81. The minimum absolute atomic E-state index is 0.132. The number of ether oxygens (including phenoxy) is 1. The van der Waals surface area contributed by atoms with Gasteiger partial charge in [-0.15, -0.1) is 0 Å². The van der Waals surface area contributed by atoms with E-state index in [1.165, 1.54) is 5.69 Å². The van der Waals surface area contributed by atoms with Crippen LogP contribution in [0.15, 0.2) is 30.6 Å². The zero-order valence-corrected chi connectivity index (χ0v) is 11.4. The van der Waals surface area contributed by atoms with Gasteiger partial charge in [0.05, 0.1) is 25.2 Å². The standard InChI is InChI=1S/C15H19N3O/c1-3-18-10-17-15-12(18)8-9-16-14(15)11-6-4-5-7-13(11)19-2/h4-7,10,14,16H,3,8-9H2,1-2H3. The summed E-state index contributed by atoms with van der Waals surface area (Å²) in [4.78, 5) is 4.61. The van der Waals surface area contributed by atoms with Crippen LogP contribution in [0.3, 0.4) is 0 Å². The summed E-state index contributed by atoms with van der Waals surface area (Å²) in [6.45, 7) is 4.10. The number of methoxy groups -OCH3 is 1. The van der Waals surface area contributed by atoms with E-state index in [-0.39, 0.29) is 6.04 Å². The van der Waals surface area contributed by atoms with Crippen LogP contribution in [0.25, 0.3) is 0 Å². The molecule has 3 rings (SSSR count). The summed E-state index contributed by atoms with van der Waals surface area (Å²) in [5.74, 6) is 0.916. The summed E-state index contributed by atoms with van der Waals surface area (Å²) in [7, 11) is 1.72. The SMILES string of the molecule is CCn1cnc2c1CCNC2c1ccccc1OC. The van der Waals surface area contributed by atoms with Crippen LogP contribution in [0.1, 0.15) is 29.9 Å². The predicted molar refractivity (Wildman–Crippen MR) is 74.4 cm³/mol. The number of hydrogen-bond donors (Lipinski definition) is 1. The largest absolute Gasteiger partial charge is 0.496 e. The van der Waals surface area contributed by atoms with E-state index in [2.05, 4.69) is 27.9 Å². The Morgan fingerprint density at radius 3 is 3.05 bits per heavy atom. The van der Waals surface area contributed by atoms with Crippen LogP contribution in [-0.4, -0.2) is 23.2 Å². The van der Waals surface area contributed by atoms with Crippen LogP contribution in [-0.2, 0) is 13.0 Å². The normalized spacial score (nSPS) is 18.1. The van der Waals surface area contributed by atoms with Gasteiger partial charge in [-0.25, -0.2) is 4.98 Å². The molecule has 1 N–H and O–H groups in total. The Morgan fingerprint density at radius 2 is 2.26 bits per heavy atom. The topological polar surface area (TPSA) is 39.1 Å². The maximum Gasteiger partial charge on any atom is 0.124 e. The minimum Gasteiger partial charge on any atom is -0.496 e. The molecular weight excluding hydrogens is 238 g/mol. The lowest BCUT2D eigenvalue weighted by molar-refractivity contribution is 0.401. The Kier molecular flexibility index (Phi) is 3.25. The zero-order chi connectivity index (χ0) is 13.2. The molecule has 0 saturated carbocycles. The molecule has 0 spiro atoms. The van der Waals surface area contributed by atoms with Crippen LogP contribution in [0.2, 0.25) is 0 Å². The first-order valence-corrected chi connectivity index (χ1v) is 6.75. The minimum atomic E-state index is 0.132. The maximum absolute atomic E-state index is 5.47. The molecule has 0 amide bonds. The van der Waals surface area contributed by atoms with Gasteiger partial charge in [0.25, 0.3) is 0 Å². The van der Waals surface area contributed by atoms with E-state index in [1.54, 1.807) is 7.11 Å². The number of benzene rings is 1. The Balaban J connectivity index is 2.06. The maximum atomic E-state index is 5.47. The van der Waals surface area contributed by atoms with Crippen molar-refractivity contribution in [2.75, 3.05) is 13.7 Å². The fourth-order valence-electron chi connectivity index (χ4n) is 2.80. The highest BCUT2D eigenvalue weighted by atomic mass is 16.5. The third-order valence-electron chi connectivity index (χ3n) is 3.75. The molecule has 0 radical (unpaired) electrons. The van der Waals surface area contributed by atoms with E-state index >= 15 is 0 Å². The van der Waals surface area contributed by atoms with E-state index < -0.39 is 0 Å². The molecule has 4 heteroatoms. The smallest absolute Gasteiger partial charge is 0.124 e. The lowest BCUT2D eigenvalue weighted by atomic mass is 9.97. The van der Waals surface area contributed by atoms with E-state index in [1.807, 2.05) is 24.5 Å². The van der Waals surface area contributed by atoms with E-state index in [4.69, 9.17) is 4.74 Å². The third kappa shape index (κ3) is 2.02. The van der Waals surface area contributed by atoms with Gasteiger partial charge in [-0.2, -0.15) is 0 Å². The predicted octanol–water partition coefficient (Wildman–Crippen LogP) is 2.15. The van der Waals surface area contributed by atoms with E-state index in [9.17, 15) is 0 Å². The van der Waals surface area contributed by atoms with Gasteiger partial charge in [-0.05, 0) is 13.0 Å². The number of fused-ring (bicyclic) bond motifs is 1. The molecule has 19 heavy (non-hydrogen) atoms. The van der Waals surface area contributed by atoms with Crippen molar-refractivity contribution >= 4 is 0 Å². The quantitative estimate of drug-likeness (QED) is 0.915. The fourth-order valence-corrected chi connectivity index (χ4v) is 2.80. The van der Waals surface area contributed by atoms with Crippen molar-refractivity contribution in [1.82, 2.24) is 14.9 Å². The van der Waals surface area contributed by atoms with Crippen molar-refractivity contribution < 1.29 is 4.74 Å². The molecule has 1 aliphatic rings. The molecule has 0 saturated heterocycles. The first-order chi connectivity index (χ1) is 9.35.